The monoisotopic (exact) mass is 247 g/mol. The van der Waals surface area contributed by atoms with Gasteiger partial charge in [0, 0.05) is 17.8 Å². The van der Waals surface area contributed by atoms with Crippen LogP contribution in [0.5, 0.6) is 5.75 Å². The van der Waals surface area contributed by atoms with E-state index in [1.54, 1.807) is 12.1 Å². The molecule has 0 atom stereocenters. The normalized spacial score (nSPS) is 10.1. The third kappa shape index (κ3) is 2.29. The van der Waals surface area contributed by atoms with E-state index in [-0.39, 0.29) is 5.56 Å². The zero-order valence-electron chi connectivity index (χ0n) is 9.55. The standard InChI is InChI=1S/C13H10FNO3/c1-18-11-6-9(13(16)17)2-3-10(11)8-4-5-15-12(14)7-8/h2-7H,1H3,(H,16,17). The van der Waals surface area contributed by atoms with Crippen molar-refractivity contribution >= 4 is 5.97 Å². The fraction of sp³-hybridized carbons (Fsp3) is 0.0769. The Hall–Kier alpha value is -2.43. The predicted octanol–water partition coefficient (Wildman–Crippen LogP) is 2.59. The smallest absolute Gasteiger partial charge is 0.335 e. The van der Waals surface area contributed by atoms with Crippen molar-refractivity contribution in [2.75, 3.05) is 7.11 Å². The van der Waals surface area contributed by atoms with E-state index in [1.807, 2.05) is 0 Å². The van der Waals surface area contributed by atoms with Crippen LogP contribution in [-0.4, -0.2) is 23.2 Å². The van der Waals surface area contributed by atoms with Gasteiger partial charge in [0.25, 0.3) is 0 Å². The molecule has 4 nitrogen and oxygen atoms in total. The first kappa shape index (κ1) is 12.0. The minimum Gasteiger partial charge on any atom is -0.496 e. The number of halogens is 1. The van der Waals surface area contributed by atoms with Gasteiger partial charge >= 0.3 is 5.97 Å². The van der Waals surface area contributed by atoms with Crippen LogP contribution < -0.4 is 4.74 Å². The molecule has 5 heteroatoms. The van der Waals surface area contributed by atoms with Crippen LogP contribution >= 0.6 is 0 Å². The van der Waals surface area contributed by atoms with Crippen LogP contribution in [0.2, 0.25) is 0 Å². The lowest BCUT2D eigenvalue weighted by molar-refractivity contribution is 0.0696. The lowest BCUT2D eigenvalue weighted by Crippen LogP contribution is -1.98. The van der Waals surface area contributed by atoms with Gasteiger partial charge in [0.1, 0.15) is 5.75 Å². The number of carboxylic acid groups (broad SMARTS) is 1. The van der Waals surface area contributed by atoms with Gasteiger partial charge in [0.15, 0.2) is 0 Å². The number of rotatable bonds is 3. The molecule has 1 N–H and O–H groups in total. The van der Waals surface area contributed by atoms with Gasteiger partial charge in [-0.15, -0.1) is 0 Å². The molecule has 0 saturated carbocycles. The van der Waals surface area contributed by atoms with E-state index in [0.29, 0.717) is 16.9 Å². The summed E-state index contributed by atoms with van der Waals surface area (Å²) in [6, 6.07) is 7.31. The SMILES string of the molecule is COc1cc(C(=O)O)ccc1-c1ccnc(F)c1. The Morgan fingerprint density at radius 2 is 2.11 bits per heavy atom. The van der Waals surface area contributed by atoms with Gasteiger partial charge in [0.2, 0.25) is 5.95 Å². The molecule has 0 amide bonds. The third-order valence-corrected chi connectivity index (χ3v) is 2.49. The van der Waals surface area contributed by atoms with Gasteiger partial charge in [-0.3, -0.25) is 0 Å². The molecule has 0 aliphatic heterocycles. The first-order chi connectivity index (χ1) is 8.61. The van der Waals surface area contributed by atoms with Gasteiger partial charge in [-0.25, -0.2) is 9.78 Å². The second-order valence-electron chi connectivity index (χ2n) is 3.59. The first-order valence-corrected chi connectivity index (χ1v) is 5.15. The van der Waals surface area contributed by atoms with E-state index in [0.717, 1.165) is 0 Å². The summed E-state index contributed by atoms with van der Waals surface area (Å²) in [5.41, 5.74) is 1.31. The van der Waals surface area contributed by atoms with Crippen LogP contribution in [0.15, 0.2) is 36.5 Å². The highest BCUT2D eigenvalue weighted by atomic mass is 19.1. The molecule has 2 rings (SSSR count). The third-order valence-electron chi connectivity index (χ3n) is 2.49. The predicted molar refractivity (Wildman–Crippen MR) is 63.1 cm³/mol. The molecule has 1 heterocycles. The highest BCUT2D eigenvalue weighted by molar-refractivity contribution is 5.89. The molecule has 1 aromatic carbocycles. The zero-order chi connectivity index (χ0) is 13.1. The summed E-state index contributed by atoms with van der Waals surface area (Å²) in [6.45, 7) is 0. The Labute approximate surface area is 103 Å². The molecular formula is C13H10FNO3. The van der Waals surface area contributed by atoms with Crippen molar-refractivity contribution in [3.8, 4) is 16.9 Å². The van der Waals surface area contributed by atoms with E-state index in [2.05, 4.69) is 4.98 Å². The van der Waals surface area contributed by atoms with Crippen LogP contribution in [-0.2, 0) is 0 Å². The molecule has 92 valence electrons. The summed E-state index contributed by atoms with van der Waals surface area (Å²) in [5, 5.41) is 8.88. The summed E-state index contributed by atoms with van der Waals surface area (Å²) in [5.74, 6) is -1.27. The fourth-order valence-corrected chi connectivity index (χ4v) is 1.63. The molecule has 0 fully saturated rings. The van der Waals surface area contributed by atoms with Gasteiger partial charge < -0.3 is 9.84 Å². The van der Waals surface area contributed by atoms with E-state index >= 15 is 0 Å². The van der Waals surface area contributed by atoms with Crippen molar-refractivity contribution in [1.82, 2.24) is 4.98 Å². The Morgan fingerprint density at radius 1 is 1.33 bits per heavy atom. The van der Waals surface area contributed by atoms with E-state index in [4.69, 9.17) is 9.84 Å². The van der Waals surface area contributed by atoms with Gasteiger partial charge in [-0.1, -0.05) is 0 Å². The number of aromatic carboxylic acids is 1. The van der Waals surface area contributed by atoms with Crippen molar-refractivity contribution in [1.29, 1.82) is 0 Å². The average Bonchev–Trinajstić information content (AvgIpc) is 2.37. The second kappa shape index (κ2) is 4.83. The summed E-state index contributed by atoms with van der Waals surface area (Å²) >= 11 is 0. The largest absolute Gasteiger partial charge is 0.496 e. The van der Waals surface area contributed by atoms with Crippen LogP contribution in [0.1, 0.15) is 10.4 Å². The van der Waals surface area contributed by atoms with E-state index in [9.17, 15) is 9.18 Å². The molecule has 0 bridgehead atoms. The molecule has 0 aliphatic carbocycles. The maximum absolute atomic E-state index is 13.0. The maximum atomic E-state index is 13.0. The Morgan fingerprint density at radius 3 is 2.72 bits per heavy atom. The second-order valence-corrected chi connectivity index (χ2v) is 3.59. The molecule has 0 aliphatic rings. The Balaban J connectivity index is 2.54. The molecule has 18 heavy (non-hydrogen) atoms. The van der Waals surface area contributed by atoms with Crippen molar-refractivity contribution in [3.05, 3.63) is 48.0 Å². The number of carboxylic acids is 1. The fourth-order valence-electron chi connectivity index (χ4n) is 1.63. The number of hydrogen-bond acceptors (Lipinski definition) is 3. The number of aromatic nitrogens is 1. The summed E-state index contributed by atoms with van der Waals surface area (Å²) in [6.07, 6.45) is 1.34. The number of nitrogens with zero attached hydrogens (tertiary/aromatic N) is 1. The summed E-state index contributed by atoms with van der Waals surface area (Å²) in [4.78, 5) is 14.3. The Kier molecular flexibility index (Phi) is 3.23. The van der Waals surface area contributed by atoms with Gasteiger partial charge in [-0.2, -0.15) is 4.39 Å². The van der Waals surface area contributed by atoms with Crippen molar-refractivity contribution in [2.45, 2.75) is 0 Å². The van der Waals surface area contributed by atoms with Crippen LogP contribution in [0.3, 0.4) is 0 Å². The number of ether oxygens (including phenoxy) is 1. The van der Waals surface area contributed by atoms with E-state index < -0.39 is 11.9 Å². The number of pyridine rings is 1. The lowest BCUT2D eigenvalue weighted by Gasteiger charge is -2.09. The quantitative estimate of drug-likeness (QED) is 0.847. The molecule has 2 aromatic rings. The lowest BCUT2D eigenvalue weighted by atomic mass is 10.0. The van der Waals surface area contributed by atoms with Crippen LogP contribution in [0.4, 0.5) is 4.39 Å². The molecule has 0 saturated heterocycles. The van der Waals surface area contributed by atoms with Crippen LogP contribution in [0.25, 0.3) is 11.1 Å². The molecule has 0 spiro atoms. The molecule has 1 aromatic heterocycles. The zero-order valence-corrected chi connectivity index (χ0v) is 9.55. The number of hydrogen-bond donors (Lipinski definition) is 1. The number of carbonyl (C=O) groups is 1. The number of benzene rings is 1. The minimum atomic E-state index is -1.04. The van der Waals surface area contributed by atoms with Crippen molar-refractivity contribution in [2.24, 2.45) is 0 Å². The molecule has 0 unspecified atom stereocenters. The summed E-state index contributed by atoms with van der Waals surface area (Å²) < 4.78 is 18.2. The van der Waals surface area contributed by atoms with Gasteiger partial charge in [-0.05, 0) is 29.8 Å². The maximum Gasteiger partial charge on any atom is 0.335 e. The van der Waals surface area contributed by atoms with Crippen LogP contribution in [0, 0.1) is 5.95 Å². The Bertz CT molecular complexity index is 599. The highest BCUT2D eigenvalue weighted by Crippen LogP contribution is 2.30. The highest BCUT2D eigenvalue weighted by Gasteiger charge is 2.11. The van der Waals surface area contributed by atoms with E-state index in [1.165, 1.54) is 31.5 Å². The van der Waals surface area contributed by atoms with Crippen molar-refractivity contribution < 1.29 is 19.0 Å². The average molecular weight is 247 g/mol. The molecule has 0 radical (unpaired) electrons. The van der Waals surface area contributed by atoms with Crippen molar-refractivity contribution in [3.63, 3.8) is 0 Å². The molecular weight excluding hydrogens is 237 g/mol. The summed E-state index contributed by atoms with van der Waals surface area (Å²) in [7, 11) is 1.43. The van der Waals surface area contributed by atoms with Gasteiger partial charge in [0.05, 0.1) is 12.7 Å². The topological polar surface area (TPSA) is 59.4 Å². The minimum absolute atomic E-state index is 0.116. The number of methoxy groups -OCH3 is 1. The first-order valence-electron chi connectivity index (χ1n) is 5.15.